The molecule has 8 aromatic carbocycles. The van der Waals surface area contributed by atoms with Crippen molar-refractivity contribution in [2.24, 2.45) is 0 Å². The summed E-state index contributed by atoms with van der Waals surface area (Å²) in [5, 5.41) is 5.62. The van der Waals surface area contributed by atoms with Gasteiger partial charge in [0.25, 0.3) is 0 Å². The van der Waals surface area contributed by atoms with Crippen LogP contribution in [0.1, 0.15) is 22.3 Å². The molecule has 0 saturated carbocycles. The number of imidazole rings is 1. The third-order valence-electron chi connectivity index (χ3n) is 12.8. The molecule has 3 nitrogen and oxygen atoms in total. The summed E-state index contributed by atoms with van der Waals surface area (Å²) in [6.45, 7) is 5.12. The van der Waals surface area contributed by atoms with E-state index in [0.29, 0.717) is 0 Å². The van der Waals surface area contributed by atoms with Crippen LogP contribution in [0.2, 0.25) is 13.1 Å². The molecule has 0 radical (unpaired) electrons. The molecule has 12 rings (SSSR count). The number of hydrogen-bond donors (Lipinski definition) is 0. The molecule has 1 atom stereocenters. The molecule has 4 heterocycles. The van der Waals surface area contributed by atoms with Crippen LogP contribution in [0.15, 0.2) is 188 Å². The van der Waals surface area contributed by atoms with Gasteiger partial charge in [-0.1, -0.05) is 165 Å². The highest BCUT2D eigenvalue weighted by atomic mass is 28.3. The molecule has 0 aliphatic carbocycles. The topological polar surface area (TPSA) is 22.8 Å². The summed E-state index contributed by atoms with van der Waals surface area (Å²) in [4.78, 5) is 5.18. The molecule has 4 heteroatoms. The maximum Gasteiger partial charge on any atom is 0.145 e. The van der Waals surface area contributed by atoms with Gasteiger partial charge in [-0.05, 0) is 80.2 Å². The van der Waals surface area contributed by atoms with Gasteiger partial charge in [0.05, 0.1) is 33.2 Å². The molecule has 10 aromatic rings. The molecule has 2 aliphatic heterocycles. The van der Waals surface area contributed by atoms with Crippen molar-refractivity contribution in [3.8, 4) is 33.9 Å². The number of para-hydroxylation sites is 6. The number of rotatable bonds is 3. The Labute approximate surface area is 326 Å². The van der Waals surface area contributed by atoms with Crippen LogP contribution in [0.3, 0.4) is 0 Å². The number of benzene rings is 8. The predicted molar refractivity (Wildman–Crippen MR) is 235 cm³/mol. The van der Waals surface area contributed by atoms with E-state index in [-0.39, 0.29) is 0 Å². The van der Waals surface area contributed by atoms with Crippen molar-refractivity contribution < 1.29 is 0 Å². The number of hydrogen-bond acceptors (Lipinski definition) is 1. The Morgan fingerprint density at radius 2 is 1.09 bits per heavy atom. The fourth-order valence-electron chi connectivity index (χ4n) is 10.6. The highest BCUT2D eigenvalue weighted by molar-refractivity contribution is 7.02. The monoisotopic (exact) mass is 731 g/mol. The normalized spacial score (nSPS) is 16.2. The van der Waals surface area contributed by atoms with Crippen LogP contribution >= 0.6 is 0 Å². The fraction of sp³-hybridized carbons (Fsp3) is 0.0577. The number of fused-ring (bicyclic) bond motifs is 12. The maximum absolute atomic E-state index is 5.18. The van der Waals surface area contributed by atoms with Gasteiger partial charge >= 0.3 is 0 Å². The second kappa shape index (κ2) is 11.4. The fourth-order valence-corrected chi connectivity index (χ4v) is 14.1. The molecular weight excluding hydrogens is 695 g/mol. The largest absolute Gasteiger partial charge is 0.309 e. The van der Waals surface area contributed by atoms with Crippen LogP contribution in [0.25, 0.3) is 66.7 Å². The van der Waals surface area contributed by atoms with Gasteiger partial charge in [-0.2, -0.15) is 0 Å². The first-order chi connectivity index (χ1) is 27.6. The molecule has 1 spiro atoms. The first-order valence-corrected chi connectivity index (χ1v) is 22.6. The van der Waals surface area contributed by atoms with E-state index < -0.39 is 13.5 Å². The maximum atomic E-state index is 5.18. The van der Waals surface area contributed by atoms with Gasteiger partial charge < -0.3 is 4.57 Å². The Balaban J connectivity index is 1.13. The Bertz CT molecular complexity index is 3220. The summed E-state index contributed by atoms with van der Waals surface area (Å²) in [6, 6.07) is 69.8. The van der Waals surface area contributed by atoms with Crippen LogP contribution in [0.4, 0.5) is 0 Å². The lowest BCUT2D eigenvalue weighted by Crippen LogP contribution is -2.64. The van der Waals surface area contributed by atoms with Gasteiger partial charge in [0.2, 0.25) is 0 Å². The van der Waals surface area contributed by atoms with Crippen molar-refractivity contribution in [1.82, 2.24) is 14.1 Å². The van der Waals surface area contributed by atoms with Crippen molar-refractivity contribution in [2.75, 3.05) is 0 Å². The standard InChI is InChI=1S/C52H37N3Si/c1-56(2)48-29-13-8-22-41(48)52(40-21-7-11-27-46(40)55-45-26-10-6-18-38(45)39-20-15-23-42(52)49(39)55)43-24-14-19-37(50(43)56)34-30-32-35(33-31-34)51-53-44-25-9-12-28-47(44)54(51)36-16-4-3-5-17-36/h3-33H,1-2H3. The highest BCUT2D eigenvalue weighted by Gasteiger charge is 2.53. The lowest BCUT2D eigenvalue weighted by molar-refractivity contribution is 0.732. The van der Waals surface area contributed by atoms with E-state index in [4.69, 9.17) is 4.98 Å². The molecular formula is C52H37N3Si. The van der Waals surface area contributed by atoms with E-state index in [1.54, 1.807) is 0 Å². The van der Waals surface area contributed by atoms with E-state index in [9.17, 15) is 0 Å². The average Bonchev–Trinajstić information content (AvgIpc) is 3.81. The zero-order chi connectivity index (χ0) is 37.2. The second-order valence-electron chi connectivity index (χ2n) is 15.9. The van der Waals surface area contributed by atoms with Gasteiger partial charge in [-0.3, -0.25) is 4.57 Å². The Morgan fingerprint density at radius 1 is 0.464 bits per heavy atom. The molecule has 0 amide bonds. The predicted octanol–water partition coefficient (Wildman–Crippen LogP) is 11.3. The van der Waals surface area contributed by atoms with E-state index >= 15 is 0 Å². The minimum Gasteiger partial charge on any atom is -0.309 e. The summed E-state index contributed by atoms with van der Waals surface area (Å²) in [5.41, 5.74) is 15.7. The summed E-state index contributed by atoms with van der Waals surface area (Å²) in [7, 11) is -2.27. The van der Waals surface area contributed by atoms with Gasteiger partial charge in [-0.15, -0.1) is 0 Å². The zero-order valence-corrected chi connectivity index (χ0v) is 32.2. The van der Waals surface area contributed by atoms with Crippen molar-refractivity contribution in [2.45, 2.75) is 18.5 Å². The molecule has 0 N–H and O–H groups in total. The summed E-state index contributed by atoms with van der Waals surface area (Å²) in [5.74, 6) is 0.948. The minimum absolute atomic E-state index is 0.495. The van der Waals surface area contributed by atoms with E-state index in [0.717, 1.165) is 28.1 Å². The summed E-state index contributed by atoms with van der Waals surface area (Å²) < 4.78 is 4.82. The second-order valence-corrected chi connectivity index (χ2v) is 20.2. The Morgan fingerprint density at radius 3 is 1.95 bits per heavy atom. The Kier molecular flexibility index (Phi) is 6.42. The van der Waals surface area contributed by atoms with E-state index in [1.165, 1.54) is 71.2 Å². The third kappa shape index (κ3) is 3.98. The highest BCUT2D eigenvalue weighted by Crippen LogP contribution is 2.55. The molecule has 2 aliphatic rings. The van der Waals surface area contributed by atoms with E-state index in [1.807, 2.05) is 0 Å². The lowest BCUT2D eigenvalue weighted by Gasteiger charge is -2.50. The number of aromatic nitrogens is 3. The molecule has 264 valence electrons. The van der Waals surface area contributed by atoms with Crippen molar-refractivity contribution in [1.29, 1.82) is 0 Å². The summed E-state index contributed by atoms with van der Waals surface area (Å²) >= 11 is 0. The van der Waals surface area contributed by atoms with Crippen LogP contribution in [0, 0.1) is 0 Å². The van der Waals surface area contributed by atoms with Gasteiger partial charge in [0.1, 0.15) is 13.9 Å². The van der Waals surface area contributed by atoms with Crippen LogP contribution in [-0.2, 0) is 5.41 Å². The van der Waals surface area contributed by atoms with Gasteiger partial charge in [0, 0.05) is 22.0 Å². The van der Waals surface area contributed by atoms with Gasteiger partial charge in [0.15, 0.2) is 0 Å². The van der Waals surface area contributed by atoms with Crippen LogP contribution < -0.4 is 10.4 Å². The molecule has 2 aromatic heterocycles. The summed E-state index contributed by atoms with van der Waals surface area (Å²) in [6.07, 6.45) is 0. The van der Waals surface area contributed by atoms with Crippen molar-refractivity contribution in [3.63, 3.8) is 0 Å². The van der Waals surface area contributed by atoms with E-state index in [2.05, 4.69) is 210 Å². The molecule has 0 saturated heterocycles. The Hall–Kier alpha value is -6.75. The third-order valence-corrected chi connectivity index (χ3v) is 16.3. The zero-order valence-electron chi connectivity index (χ0n) is 31.2. The smallest absolute Gasteiger partial charge is 0.145 e. The molecule has 1 unspecified atom stereocenters. The quantitative estimate of drug-likeness (QED) is 0.166. The lowest BCUT2D eigenvalue weighted by atomic mass is 9.62. The number of nitrogens with zero attached hydrogens (tertiary/aromatic N) is 3. The van der Waals surface area contributed by atoms with Crippen molar-refractivity contribution >= 4 is 51.3 Å². The molecule has 0 bridgehead atoms. The molecule has 56 heavy (non-hydrogen) atoms. The first-order valence-electron chi connectivity index (χ1n) is 19.6. The van der Waals surface area contributed by atoms with Gasteiger partial charge in [-0.25, -0.2) is 4.98 Å². The van der Waals surface area contributed by atoms with Crippen LogP contribution in [0.5, 0.6) is 0 Å². The van der Waals surface area contributed by atoms with Crippen molar-refractivity contribution in [3.05, 3.63) is 210 Å². The molecule has 0 fully saturated rings. The van der Waals surface area contributed by atoms with Crippen LogP contribution in [-0.4, -0.2) is 22.2 Å². The minimum atomic E-state index is -2.27. The first kappa shape index (κ1) is 31.6. The SMILES string of the molecule is C[Si]1(C)c2ccccc2C2(c3ccccc3-n3c4ccccc4c4cccc2c43)c2cccc(-c3ccc(-c4nc5ccccc5n4-c4ccccc4)cc3)c21. The average molecular weight is 732 g/mol.